The highest BCUT2D eigenvalue weighted by Gasteiger charge is 2.35. The van der Waals surface area contributed by atoms with Crippen LogP contribution in [0.3, 0.4) is 0 Å². The molecule has 0 aliphatic carbocycles. The summed E-state index contributed by atoms with van der Waals surface area (Å²) in [6.45, 7) is 1.61. The summed E-state index contributed by atoms with van der Waals surface area (Å²) in [6.07, 6.45) is -4.64. The van der Waals surface area contributed by atoms with Crippen molar-refractivity contribution in [2.45, 2.75) is 13.1 Å². The van der Waals surface area contributed by atoms with Crippen molar-refractivity contribution in [1.82, 2.24) is 15.0 Å². The second kappa shape index (κ2) is 8.05. The largest absolute Gasteiger partial charge is 0.497 e. The van der Waals surface area contributed by atoms with Gasteiger partial charge in [0.25, 0.3) is 5.91 Å². The van der Waals surface area contributed by atoms with Crippen LogP contribution in [0, 0.1) is 6.92 Å². The van der Waals surface area contributed by atoms with Gasteiger partial charge in [-0.1, -0.05) is 11.3 Å². The number of benzene rings is 2. The molecule has 10 heteroatoms. The Hall–Kier alpha value is -3.56. The van der Waals surface area contributed by atoms with Gasteiger partial charge in [-0.2, -0.15) is 13.2 Å². The van der Waals surface area contributed by atoms with Crippen molar-refractivity contribution < 1.29 is 22.7 Å². The molecule has 30 heavy (non-hydrogen) atoms. The lowest BCUT2D eigenvalue weighted by Crippen LogP contribution is -2.19. The monoisotopic (exact) mass is 419 g/mol. The zero-order valence-corrected chi connectivity index (χ0v) is 16.8. The Labute approximate surface area is 171 Å². The number of aromatic nitrogens is 3. The van der Waals surface area contributed by atoms with Crippen molar-refractivity contribution >= 4 is 17.3 Å². The SMILES string of the molecule is COc1cccc(-n2nnc(C(=O)Nc3ccc(N(C)C)cc3C(F)(F)F)c2C)c1. The standard InChI is InChI=1S/C20H20F3N5O2/c1-12-18(25-26-28(12)14-6-5-7-15(10-14)30-4)19(29)24-17-9-8-13(27(2)3)11-16(17)20(21,22)23/h5-11H,1-4H3,(H,24,29). The molecule has 1 N–H and O–H groups in total. The van der Waals surface area contributed by atoms with E-state index in [1.165, 1.54) is 23.9 Å². The van der Waals surface area contributed by atoms with Crippen LogP contribution in [0.1, 0.15) is 21.7 Å². The topological polar surface area (TPSA) is 72.3 Å². The lowest BCUT2D eigenvalue weighted by Gasteiger charge is -2.18. The molecule has 0 unspecified atom stereocenters. The fraction of sp³-hybridized carbons (Fsp3) is 0.250. The number of hydrogen-bond donors (Lipinski definition) is 1. The van der Waals surface area contributed by atoms with Crippen molar-refractivity contribution in [3.05, 3.63) is 59.4 Å². The van der Waals surface area contributed by atoms with Crippen molar-refractivity contribution in [3.63, 3.8) is 0 Å². The molecule has 1 aromatic heterocycles. The van der Waals surface area contributed by atoms with Gasteiger partial charge < -0.3 is 15.0 Å². The minimum Gasteiger partial charge on any atom is -0.497 e. The number of anilines is 2. The Kier molecular flexibility index (Phi) is 5.68. The fourth-order valence-corrected chi connectivity index (χ4v) is 2.86. The lowest BCUT2D eigenvalue weighted by atomic mass is 10.1. The van der Waals surface area contributed by atoms with Gasteiger partial charge in [0.2, 0.25) is 0 Å². The molecule has 7 nitrogen and oxygen atoms in total. The second-order valence-electron chi connectivity index (χ2n) is 6.71. The van der Waals surface area contributed by atoms with Crippen LogP contribution in [0.2, 0.25) is 0 Å². The third-order valence-corrected chi connectivity index (χ3v) is 4.48. The number of carbonyl (C=O) groups is 1. The van der Waals surface area contributed by atoms with Gasteiger partial charge in [0, 0.05) is 25.8 Å². The smallest absolute Gasteiger partial charge is 0.418 e. The van der Waals surface area contributed by atoms with E-state index in [9.17, 15) is 18.0 Å². The van der Waals surface area contributed by atoms with Crippen molar-refractivity contribution in [1.29, 1.82) is 0 Å². The van der Waals surface area contributed by atoms with Crippen LogP contribution in [-0.2, 0) is 6.18 Å². The normalized spacial score (nSPS) is 11.3. The van der Waals surface area contributed by atoms with Gasteiger partial charge in [-0.3, -0.25) is 4.79 Å². The maximum atomic E-state index is 13.5. The van der Waals surface area contributed by atoms with Crippen LogP contribution >= 0.6 is 0 Å². The van der Waals surface area contributed by atoms with Gasteiger partial charge in [0.1, 0.15) is 5.75 Å². The third-order valence-electron chi connectivity index (χ3n) is 4.48. The molecule has 0 fully saturated rings. The van der Waals surface area contributed by atoms with Gasteiger partial charge in [0.05, 0.1) is 29.7 Å². The molecule has 3 aromatic rings. The average Bonchev–Trinajstić information content (AvgIpc) is 3.08. The maximum Gasteiger partial charge on any atom is 0.418 e. The first-order valence-corrected chi connectivity index (χ1v) is 8.88. The molecule has 1 heterocycles. The number of halogens is 3. The molecule has 0 aliphatic heterocycles. The zero-order chi connectivity index (χ0) is 22.1. The molecule has 3 rings (SSSR count). The van der Waals surface area contributed by atoms with Crippen molar-refractivity contribution in [2.24, 2.45) is 0 Å². The predicted octanol–water partition coefficient (Wildman–Crippen LogP) is 3.92. The first-order valence-electron chi connectivity index (χ1n) is 8.88. The minimum absolute atomic E-state index is 0.0809. The number of nitrogens with zero attached hydrogens (tertiary/aromatic N) is 4. The van der Waals surface area contributed by atoms with Crippen LogP contribution in [-0.4, -0.2) is 42.1 Å². The predicted molar refractivity (Wildman–Crippen MR) is 106 cm³/mol. The minimum atomic E-state index is -4.64. The van der Waals surface area contributed by atoms with E-state index in [0.29, 0.717) is 22.8 Å². The Morgan fingerprint density at radius 2 is 1.90 bits per heavy atom. The molecule has 158 valence electrons. The Morgan fingerprint density at radius 1 is 1.17 bits per heavy atom. The highest BCUT2D eigenvalue weighted by atomic mass is 19.4. The number of amides is 1. The van der Waals surface area contributed by atoms with E-state index in [4.69, 9.17) is 4.74 Å². The van der Waals surface area contributed by atoms with E-state index in [-0.39, 0.29) is 11.4 Å². The molecule has 0 atom stereocenters. The summed E-state index contributed by atoms with van der Waals surface area (Å²) in [7, 11) is 4.79. The molecular weight excluding hydrogens is 399 g/mol. The van der Waals surface area contributed by atoms with Gasteiger partial charge >= 0.3 is 6.18 Å². The van der Waals surface area contributed by atoms with Crippen molar-refractivity contribution in [3.8, 4) is 11.4 Å². The number of carbonyl (C=O) groups excluding carboxylic acids is 1. The Morgan fingerprint density at radius 3 is 2.53 bits per heavy atom. The Balaban J connectivity index is 1.93. The van der Waals surface area contributed by atoms with Crippen LogP contribution in [0.5, 0.6) is 5.75 Å². The average molecular weight is 419 g/mol. The van der Waals surface area contributed by atoms with Gasteiger partial charge in [0.15, 0.2) is 5.69 Å². The van der Waals surface area contributed by atoms with Crippen LogP contribution in [0.4, 0.5) is 24.5 Å². The lowest BCUT2D eigenvalue weighted by molar-refractivity contribution is -0.136. The highest BCUT2D eigenvalue weighted by Crippen LogP contribution is 2.37. The fourth-order valence-electron chi connectivity index (χ4n) is 2.86. The molecule has 0 saturated carbocycles. The molecule has 0 aliphatic rings. The maximum absolute atomic E-state index is 13.5. The van der Waals surface area contributed by atoms with Crippen LogP contribution in [0.15, 0.2) is 42.5 Å². The third kappa shape index (κ3) is 4.22. The van der Waals surface area contributed by atoms with Crippen molar-refractivity contribution in [2.75, 3.05) is 31.4 Å². The summed E-state index contributed by atoms with van der Waals surface area (Å²) >= 11 is 0. The van der Waals surface area contributed by atoms with E-state index >= 15 is 0 Å². The summed E-state index contributed by atoms with van der Waals surface area (Å²) in [4.78, 5) is 14.2. The number of hydrogen-bond acceptors (Lipinski definition) is 5. The summed E-state index contributed by atoms with van der Waals surface area (Å²) in [5, 5.41) is 10.1. The van der Waals surface area contributed by atoms with E-state index in [2.05, 4.69) is 15.6 Å². The molecule has 0 radical (unpaired) electrons. The zero-order valence-electron chi connectivity index (χ0n) is 16.8. The number of ether oxygens (including phenoxy) is 1. The number of alkyl halides is 3. The number of methoxy groups -OCH3 is 1. The second-order valence-corrected chi connectivity index (χ2v) is 6.71. The molecule has 0 bridgehead atoms. The van der Waals surface area contributed by atoms with E-state index in [1.54, 1.807) is 50.2 Å². The quantitative estimate of drug-likeness (QED) is 0.679. The molecule has 0 saturated heterocycles. The summed E-state index contributed by atoms with van der Waals surface area (Å²) in [6, 6.07) is 10.6. The Bertz CT molecular complexity index is 1080. The van der Waals surface area contributed by atoms with E-state index < -0.39 is 17.6 Å². The van der Waals surface area contributed by atoms with Gasteiger partial charge in [-0.25, -0.2) is 4.68 Å². The highest BCUT2D eigenvalue weighted by molar-refractivity contribution is 6.04. The summed E-state index contributed by atoms with van der Waals surface area (Å²) in [5.74, 6) is -0.200. The molecular formula is C20H20F3N5O2. The van der Waals surface area contributed by atoms with Crippen LogP contribution in [0.25, 0.3) is 5.69 Å². The van der Waals surface area contributed by atoms with E-state index in [0.717, 1.165) is 6.07 Å². The van der Waals surface area contributed by atoms with E-state index in [1.807, 2.05) is 0 Å². The summed E-state index contributed by atoms with van der Waals surface area (Å²) in [5.41, 5.74) is -0.0413. The van der Waals surface area contributed by atoms with Gasteiger partial charge in [-0.05, 0) is 37.3 Å². The van der Waals surface area contributed by atoms with Gasteiger partial charge in [-0.15, -0.1) is 5.10 Å². The molecule has 1 amide bonds. The summed E-state index contributed by atoms with van der Waals surface area (Å²) < 4.78 is 47.1. The first-order chi connectivity index (χ1) is 14.1. The van der Waals surface area contributed by atoms with Crippen LogP contribution < -0.4 is 15.0 Å². The number of rotatable bonds is 5. The first kappa shape index (κ1) is 21.2. The molecule has 2 aromatic carbocycles. The molecule has 0 spiro atoms. The number of nitrogens with one attached hydrogen (secondary N) is 1.